The zero-order valence-corrected chi connectivity index (χ0v) is 15.7. The number of Topliss-reactive ketones (excluding diaryl/α,β-unsaturated/α-hetero) is 1. The van der Waals surface area contributed by atoms with Crippen LogP contribution in [0.1, 0.15) is 49.6 Å². The monoisotopic (exact) mass is 346 g/mol. The molecular weight excluding hydrogens is 320 g/mol. The summed E-state index contributed by atoms with van der Waals surface area (Å²) >= 11 is 0. The molecule has 0 aliphatic heterocycles. The van der Waals surface area contributed by atoms with Crippen molar-refractivity contribution in [2.24, 2.45) is 0 Å². The first-order valence-electron chi connectivity index (χ1n) is 8.29. The molecule has 0 aliphatic rings. The molecule has 136 valence electrons. The third kappa shape index (κ3) is 4.71. The molecule has 2 aromatic heterocycles. The highest BCUT2D eigenvalue weighted by atomic mass is 16.6. The maximum atomic E-state index is 11.8. The SMILES string of the molecule is CC(=O)c1cc(-n2c(C)ccc2C)n(CCNC(=O)OC(C)(C)C)n1. The lowest BCUT2D eigenvalue weighted by Crippen LogP contribution is -2.34. The van der Waals surface area contributed by atoms with Crippen molar-refractivity contribution in [3.05, 3.63) is 35.3 Å². The standard InChI is InChI=1S/C18H26N4O3/c1-12-7-8-13(2)22(12)16-11-15(14(3)23)20-21(16)10-9-19-17(24)25-18(4,5)6/h7-8,11H,9-10H2,1-6H3,(H,19,24). The summed E-state index contributed by atoms with van der Waals surface area (Å²) in [5.41, 5.74) is 1.96. The molecule has 7 heteroatoms. The van der Waals surface area contributed by atoms with E-state index in [2.05, 4.69) is 10.4 Å². The fourth-order valence-corrected chi connectivity index (χ4v) is 2.53. The molecule has 0 fully saturated rings. The van der Waals surface area contributed by atoms with Gasteiger partial charge in [-0.3, -0.25) is 4.79 Å². The number of nitrogens with one attached hydrogen (secondary N) is 1. The van der Waals surface area contributed by atoms with E-state index in [0.717, 1.165) is 17.2 Å². The zero-order chi connectivity index (χ0) is 18.8. The van der Waals surface area contributed by atoms with E-state index in [4.69, 9.17) is 4.74 Å². The molecule has 25 heavy (non-hydrogen) atoms. The average Bonchev–Trinajstić information content (AvgIpc) is 3.01. The van der Waals surface area contributed by atoms with Crippen LogP contribution < -0.4 is 5.32 Å². The van der Waals surface area contributed by atoms with Crippen LogP contribution in [0.4, 0.5) is 4.79 Å². The van der Waals surface area contributed by atoms with Gasteiger partial charge in [-0.2, -0.15) is 5.10 Å². The summed E-state index contributed by atoms with van der Waals surface area (Å²) in [6, 6.07) is 5.80. The van der Waals surface area contributed by atoms with Crippen molar-refractivity contribution < 1.29 is 14.3 Å². The Morgan fingerprint density at radius 1 is 1.20 bits per heavy atom. The first kappa shape index (κ1) is 18.8. The second-order valence-corrected chi connectivity index (χ2v) is 7.05. The predicted molar refractivity (Wildman–Crippen MR) is 95.3 cm³/mol. The van der Waals surface area contributed by atoms with E-state index in [1.54, 1.807) is 10.7 Å². The molecule has 0 atom stereocenters. The lowest BCUT2D eigenvalue weighted by atomic mass is 10.2. The molecule has 0 saturated carbocycles. The van der Waals surface area contributed by atoms with E-state index in [1.807, 2.05) is 51.3 Å². The van der Waals surface area contributed by atoms with Gasteiger partial charge in [0.05, 0.1) is 6.54 Å². The zero-order valence-electron chi connectivity index (χ0n) is 15.7. The average molecular weight is 346 g/mol. The third-order valence-electron chi connectivity index (χ3n) is 3.61. The van der Waals surface area contributed by atoms with Gasteiger partial charge in [0.25, 0.3) is 0 Å². The minimum atomic E-state index is -0.540. The Labute approximate surface area is 148 Å². The molecular formula is C18H26N4O3. The molecule has 0 aromatic carbocycles. The van der Waals surface area contributed by atoms with Crippen molar-refractivity contribution in [1.82, 2.24) is 19.7 Å². The number of ketones is 1. The van der Waals surface area contributed by atoms with Crippen molar-refractivity contribution in [2.75, 3.05) is 6.54 Å². The molecule has 0 radical (unpaired) electrons. The Kier molecular flexibility index (Phi) is 5.35. The molecule has 0 spiro atoms. The normalized spacial score (nSPS) is 11.4. The number of amides is 1. The molecule has 0 unspecified atom stereocenters. The van der Waals surface area contributed by atoms with Gasteiger partial charge in [-0.25, -0.2) is 9.48 Å². The summed E-state index contributed by atoms with van der Waals surface area (Å²) in [5, 5.41) is 7.09. The summed E-state index contributed by atoms with van der Waals surface area (Å²) in [6.45, 7) is 11.7. The quantitative estimate of drug-likeness (QED) is 0.844. The summed E-state index contributed by atoms with van der Waals surface area (Å²) in [5.74, 6) is 0.707. The molecule has 7 nitrogen and oxygen atoms in total. The molecule has 0 saturated heterocycles. The lowest BCUT2D eigenvalue weighted by molar-refractivity contribution is 0.0525. The number of aromatic nitrogens is 3. The minimum absolute atomic E-state index is 0.0948. The lowest BCUT2D eigenvalue weighted by Gasteiger charge is -2.20. The van der Waals surface area contributed by atoms with Crippen LogP contribution in [-0.4, -0.2) is 38.4 Å². The highest BCUT2D eigenvalue weighted by molar-refractivity contribution is 5.92. The molecule has 1 amide bonds. The van der Waals surface area contributed by atoms with Crippen molar-refractivity contribution in [3.8, 4) is 5.82 Å². The predicted octanol–water partition coefficient (Wildman–Crippen LogP) is 3.02. The maximum Gasteiger partial charge on any atom is 0.407 e. The van der Waals surface area contributed by atoms with E-state index >= 15 is 0 Å². The number of hydrogen-bond donors (Lipinski definition) is 1. The van der Waals surface area contributed by atoms with Crippen LogP contribution in [0.15, 0.2) is 18.2 Å². The Balaban J connectivity index is 2.17. The van der Waals surface area contributed by atoms with Gasteiger partial charge in [0, 0.05) is 30.9 Å². The number of carbonyl (C=O) groups is 2. The second-order valence-electron chi connectivity index (χ2n) is 7.05. The fraction of sp³-hybridized carbons (Fsp3) is 0.500. The molecule has 0 aliphatic carbocycles. The number of aryl methyl sites for hydroxylation is 2. The first-order chi connectivity index (χ1) is 11.6. The summed E-state index contributed by atoms with van der Waals surface area (Å²) in [6.07, 6.45) is -0.471. The van der Waals surface area contributed by atoms with Gasteiger partial charge in [0.2, 0.25) is 0 Å². The number of nitrogens with zero attached hydrogens (tertiary/aromatic N) is 3. The minimum Gasteiger partial charge on any atom is -0.444 e. The Morgan fingerprint density at radius 2 is 1.80 bits per heavy atom. The highest BCUT2D eigenvalue weighted by Gasteiger charge is 2.17. The van der Waals surface area contributed by atoms with E-state index in [-0.39, 0.29) is 5.78 Å². The summed E-state index contributed by atoms with van der Waals surface area (Å²) in [7, 11) is 0. The van der Waals surface area contributed by atoms with Crippen LogP contribution >= 0.6 is 0 Å². The van der Waals surface area contributed by atoms with E-state index in [1.165, 1.54) is 6.92 Å². The van der Waals surface area contributed by atoms with Crippen LogP contribution in [0.3, 0.4) is 0 Å². The molecule has 1 N–H and O–H groups in total. The molecule has 2 aromatic rings. The third-order valence-corrected chi connectivity index (χ3v) is 3.61. The number of ether oxygens (including phenoxy) is 1. The van der Waals surface area contributed by atoms with Gasteiger partial charge < -0.3 is 14.6 Å². The summed E-state index contributed by atoms with van der Waals surface area (Å²) < 4.78 is 8.99. The fourth-order valence-electron chi connectivity index (χ4n) is 2.53. The Morgan fingerprint density at radius 3 is 2.32 bits per heavy atom. The largest absolute Gasteiger partial charge is 0.444 e. The van der Waals surface area contributed by atoms with Gasteiger partial charge in [-0.15, -0.1) is 0 Å². The Hall–Kier alpha value is -2.57. The molecule has 2 rings (SSSR count). The topological polar surface area (TPSA) is 78.2 Å². The van der Waals surface area contributed by atoms with Crippen LogP contribution in [0.5, 0.6) is 0 Å². The van der Waals surface area contributed by atoms with Crippen LogP contribution in [0.2, 0.25) is 0 Å². The van der Waals surface area contributed by atoms with Gasteiger partial charge in [-0.05, 0) is 46.8 Å². The second kappa shape index (κ2) is 7.13. The summed E-state index contributed by atoms with van der Waals surface area (Å²) in [4.78, 5) is 23.5. The van der Waals surface area contributed by atoms with Crippen LogP contribution in [-0.2, 0) is 11.3 Å². The van der Waals surface area contributed by atoms with E-state index in [9.17, 15) is 9.59 Å². The number of rotatable bonds is 5. The van der Waals surface area contributed by atoms with Gasteiger partial charge >= 0.3 is 6.09 Å². The highest BCUT2D eigenvalue weighted by Crippen LogP contribution is 2.18. The smallest absolute Gasteiger partial charge is 0.407 e. The number of alkyl carbamates (subject to hydrolysis) is 1. The van der Waals surface area contributed by atoms with E-state index < -0.39 is 11.7 Å². The van der Waals surface area contributed by atoms with Crippen LogP contribution in [0, 0.1) is 13.8 Å². The van der Waals surface area contributed by atoms with Gasteiger partial charge in [0.15, 0.2) is 5.78 Å². The van der Waals surface area contributed by atoms with Crippen LogP contribution in [0.25, 0.3) is 5.82 Å². The maximum absolute atomic E-state index is 11.8. The van der Waals surface area contributed by atoms with Crippen molar-refractivity contribution in [3.63, 3.8) is 0 Å². The van der Waals surface area contributed by atoms with Crippen molar-refractivity contribution in [2.45, 2.75) is 53.7 Å². The van der Waals surface area contributed by atoms with Crippen molar-refractivity contribution in [1.29, 1.82) is 0 Å². The first-order valence-corrected chi connectivity index (χ1v) is 8.29. The van der Waals surface area contributed by atoms with E-state index in [0.29, 0.717) is 18.8 Å². The molecule has 2 heterocycles. The van der Waals surface area contributed by atoms with Crippen molar-refractivity contribution >= 4 is 11.9 Å². The Bertz CT molecular complexity index is 761. The van der Waals surface area contributed by atoms with Gasteiger partial charge in [0.1, 0.15) is 17.1 Å². The molecule has 0 bridgehead atoms. The number of carbonyl (C=O) groups excluding carboxylic acids is 2. The number of hydrogen-bond acceptors (Lipinski definition) is 4. The van der Waals surface area contributed by atoms with Gasteiger partial charge in [-0.1, -0.05) is 0 Å².